The zero-order valence-electron chi connectivity index (χ0n) is 15.9. The number of hydrogen-bond donors (Lipinski definition) is 2. The molecule has 0 aliphatic carbocycles. The minimum Gasteiger partial charge on any atom is -0.480 e. The average molecular weight is 635 g/mol. The van der Waals surface area contributed by atoms with E-state index < -0.39 is 42.0 Å². The molecule has 1 aliphatic rings. The normalized spacial score (nSPS) is 14.7. The van der Waals surface area contributed by atoms with Gasteiger partial charge in [-0.25, -0.2) is 9.18 Å². The molecule has 0 unspecified atom stereocenters. The molecule has 0 saturated carbocycles. The molecule has 1 heterocycles. The first kappa shape index (κ1) is 24.2. The minimum absolute atomic E-state index is 0.0513. The minimum atomic E-state index is -1.12. The predicted molar refractivity (Wildman–Crippen MR) is 128 cm³/mol. The lowest BCUT2D eigenvalue weighted by Crippen LogP contribution is -2.36. The quantitative estimate of drug-likeness (QED) is 0.344. The van der Waals surface area contributed by atoms with E-state index in [1.54, 1.807) is 18.2 Å². The summed E-state index contributed by atoms with van der Waals surface area (Å²) >= 11 is 5.94. The number of halogens is 3. The number of nitrogens with one attached hydrogen (secondary N) is 1. The van der Waals surface area contributed by atoms with E-state index >= 15 is 0 Å². The summed E-state index contributed by atoms with van der Waals surface area (Å²) in [6.07, 6.45) is 1.48. The van der Waals surface area contributed by atoms with Gasteiger partial charge >= 0.3 is 5.97 Å². The van der Waals surface area contributed by atoms with E-state index in [0.717, 1.165) is 4.90 Å². The number of benzene rings is 2. The van der Waals surface area contributed by atoms with E-state index in [1.165, 1.54) is 24.3 Å². The van der Waals surface area contributed by atoms with Crippen molar-refractivity contribution in [1.82, 2.24) is 4.90 Å². The maximum Gasteiger partial charge on any atom is 0.341 e. The van der Waals surface area contributed by atoms with E-state index in [-0.39, 0.29) is 10.6 Å². The van der Waals surface area contributed by atoms with Crippen LogP contribution in [0.4, 0.5) is 14.9 Å². The van der Waals surface area contributed by atoms with Crippen LogP contribution < -0.4 is 10.1 Å². The lowest BCUT2D eigenvalue weighted by atomic mass is 10.2. The standard InChI is InChI=1S/C20H13BrFIN2O6S/c21-11-5-10(6-13(23)18(11)31-9-17(27)28)7-15-19(29)25(20(30)32-15)8-16(26)24-14-4-2-1-3-12(14)22/h1-7H,8-9H2,(H,24,26)(H,27,28)/b15-7-. The number of carbonyl (C=O) groups excluding carboxylic acids is 3. The van der Waals surface area contributed by atoms with Crippen molar-refractivity contribution >= 4 is 85.1 Å². The molecule has 2 aromatic rings. The van der Waals surface area contributed by atoms with Gasteiger partial charge in [0.2, 0.25) is 5.91 Å². The molecule has 0 spiro atoms. The molecule has 1 saturated heterocycles. The van der Waals surface area contributed by atoms with Crippen LogP contribution in [0.2, 0.25) is 0 Å². The molecule has 2 N–H and O–H groups in total. The molecule has 2 aromatic carbocycles. The monoisotopic (exact) mass is 634 g/mol. The second kappa shape index (κ2) is 10.4. The Hall–Kier alpha value is -2.45. The summed E-state index contributed by atoms with van der Waals surface area (Å²) in [5, 5.41) is 10.5. The fraction of sp³-hybridized carbons (Fsp3) is 0.100. The molecule has 3 amide bonds. The summed E-state index contributed by atoms with van der Waals surface area (Å²) in [5.74, 6) is -2.78. The third kappa shape index (κ3) is 5.86. The van der Waals surface area contributed by atoms with Gasteiger partial charge in [-0.3, -0.25) is 19.3 Å². The van der Waals surface area contributed by atoms with Crippen LogP contribution in [0.5, 0.6) is 5.75 Å². The summed E-state index contributed by atoms with van der Waals surface area (Å²) in [7, 11) is 0. The van der Waals surface area contributed by atoms with Crippen molar-refractivity contribution in [1.29, 1.82) is 0 Å². The first-order valence-electron chi connectivity index (χ1n) is 8.79. The van der Waals surface area contributed by atoms with Crippen molar-refractivity contribution in [3.8, 4) is 5.75 Å². The second-order valence-electron chi connectivity index (χ2n) is 6.29. The largest absolute Gasteiger partial charge is 0.480 e. The van der Waals surface area contributed by atoms with Gasteiger partial charge < -0.3 is 15.2 Å². The molecule has 0 radical (unpaired) electrons. The second-order valence-corrected chi connectivity index (χ2v) is 9.30. The van der Waals surface area contributed by atoms with Crippen LogP contribution in [-0.2, 0) is 14.4 Å². The Kier molecular flexibility index (Phi) is 7.90. The number of rotatable bonds is 7. The van der Waals surface area contributed by atoms with E-state index in [1.807, 2.05) is 22.6 Å². The van der Waals surface area contributed by atoms with Crippen molar-refractivity contribution in [2.75, 3.05) is 18.5 Å². The highest BCUT2D eigenvalue weighted by molar-refractivity contribution is 14.1. The topological polar surface area (TPSA) is 113 Å². The van der Waals surface area contributed by atoms with Gasteiger partial charge in [0.15, 0.2) is 6.61 Å². The number of anilines is 1. The number of aliphatic carboxylic acids is 1. The SMILES string of the molecule is O=C(O)COc1c(Br)cc(/C=C2\SC(=O)N(CC(=O)Nc3ccccc3F)C2=O)cc1I. The van der Waals surface area contributed by atoms with Crippen LogP contribution in [0.15, 0.2) is 45.8 Å². The molecule has 166 valence electrons. The maximum absolute atomic E-state index is 13.7. The predicted octanol–water partition coefficient (Wildman–Crippen LogP) is 4.33. The lowest BCUT2D eigenvalue weighted by Gasteiger charge is -2.12. The Morgan fingerprint density at radius 1 is 1.28 bits per heavy atom. The number of nitrogens with zero attached hydrogens (tertiary/aromatic N) is 1. The molecule has 3 rings (SSSR count). The summed E-state index contributed by atoms with van der Waals surface area (Å²) in [6, 6.07) is 8.81. The molecule has 8 nitrogen and oxygen atoms in total. The van der Waals surface area contributed by atoms with Crippen LogP contribution in [-0.4, -0.2) is 46.2 Å². The zero-order chi connectivity index (χ0) is 23.4. The third-order valence-corrected chi connectivity index (χ3v) is 6.28. The van der Waals surface area contributed by atoms with Gasteiger partial charge in [0.05, 0.1) is 18.6 Å². The number of para-hydroxylation sites is 1. The van der Waals surface area contributed by atoms with Crippen molar-refractivity contribution in [3.63, 3.8) is 0 Å². The van der Waals surface area contributed by atoms with Crippen LogP contribution in [0.3, 0.4) is 0 Å². The molecule has 1 fully saturated rings. The molecule has 32 heavy (non-hydrogen) atoms. The van der Waals surface area contributed by atoms with E-state index in [2.05, 4.69) is 21.2 Å². The highest BCUT2D eigenvalue weighted by atomic mass is 127. The molecule has 0 bridgehead atoms. The molecule has 12 heteroatoms. The summed E-state index contributed by atoms with van der Waals surface area (Å²) in [4.78, 5) is 48.7. The number of ether oxygens (including phenoxy) is 1. The number of amides is 3. The van der Waals surface area contributed by atoms with Crippen LogP contribution in [0.1, 0.15) is 5.56 Å². The fourth-order valence-corrected chi connectivity index (χ4v) is 5.23. The fourth-order valence-electron chi connectivity index (χ4n) is 2.62. The Morgan fingerprint density at radius 3 is 2.66 bits per heavy atom. The van der Waals surface area contributed by atoms with Crippen molar-refractivity contribution in [2.24, 2.45) is 0 Å². The van der Waals surface area contributed by atoms with Gasteiger partial charge in [0.1, 0.15) is 18.1 Å². The zero-order valence-corrected chi connectivity index (χ0v) is 20.5. The highest BCUT2D eigenvalue weighted by Crippen LogP contribution is 2.36. The molecule has 0 aromatic heterocycles. The highest BCUT2D eigenvalue weighted by Gasteiger charge is 2.36. The maximum atomic E-state index is 13.7. The number of carbonyl (C=O) groups is 4. The number of hydrogen-bond acceptors (Lipinski definition) is 6. The third-order valence-electron chi connectivity index (χ3n) is 3.98. The summed E-state index contributed by atoms with van der Waals surface area (Å²) in [6.45, 7) is -1.07. The van der Waals surface area contributed by atoms with Gasteiger partial charge in [0, 0.05) is 0 Å². The Balaban J connectivity index is 1.73. The first-order valence-corrected chi connectivity index (χ1v) is 11.5. The Morgan fingerprint density at radius 2 is 2.00 bits per heavy atom. The number of thioether (sulfide) groups is 1. The van der Waals surface area contributed by atoms with Crippen LogP contribution in [0, 0.1) is 9.39 Å². The van der Waals surface area contributed by atoms with E-state index in [4.69, 9.17) is 9.84 Å². The molecule has 1 aliphatic heterocycles. The van der Waals surface area contributed by atoms with E-state index in [9.17, 15) is 23.6 Å². The Labute approximate surface area is 207 Å². The molecular formula is C20H13BrFIN2O6S. The summed E-state index contributed by atoms with van der Waals surface area (Å²) in [5.41, 5.74) is 0.509. The van der Waals surface area contributed by atoms with Crippen molar-refractivity contribution in [3.05, 3.63) is 60.7 Å². The number of carboxylic acid groups (broad SMARTS) is 1. The van der Waals surface area contributed by atoms with Gasteiger partial charge in [0.25, 0.3) is 11.1 Å². The van der Waals surface area contributed by atoms with Crippen molar-refractivity contribution in [2.45, 2.75) is 0 Å². The molecule has 0 atom stereocenters. The lowest BCUT2D eigenvalue weighted by molar-refractivity contribution is -0.139. The van der Waals surface area contributed by atoms with E-state index in [0.29, 0.717) is 31.1 Å². The number of imide groups is 1. The van der Waals surface area contributed by atoms with Gasteiger partial charge in [-0.05, 0) is 86.2 Å². The van der Waals surface area contributed by atoms with Gasteiger partial charge in [-0.15, -0.1) is 0 Å². The average Bonchev–Trinajstić information content (AvgIpc) is 2.96. The first-order chi connectivity index (χ1) is 15.2. The van der Waals surface area contributed by atoms with Crippen LogP contribution >= 0.6 is 50.3 Å². The smallest absolute Gasteiger partial charge is 0.341 e. The van der Waals surface area contributed by atoms with Gasteiger partial charge in [-0.2, -0.15) is 0 Å². The molecular weight excluding hydrogens is 622 g/mol. The Bertz CT molecular complexity index is 1140. The van der Waals surface area contributed by atoms with Gasteiger partial charge in [-0.1, -0.05) is 12.1 Å². The van der Waals surface area contributed by atoms with Crippen molar-refractivity contribution < 1.29 is 33.4 Å². The summed E-state index contributed by atoms with van der Waals surface area (Å²) < 4.78 is 20.0. The number of carboxylic acids is 1. The van der Waals surface area contributed by atoms with Crippen LogP contribution in [0.25, 0.3) is 6.08 Å².